The van der Waals surface area contributed by atoms with Gasteiger partial charge in [0, 0.05) is 11.5 Å². The Bertz CT molecular complexity index is 274. The van der Waals surface area contributed by atoms with Crippen molar-refractivity contribution in [2.24, 2.45) is 5.92 Å². The van der Waals surface area contributed by atoms with E-state index in [1.54, 1.807) is 0 Å². The topological polar surface area (TPSA) is 17.1 Å². The van der Waals surface area contributed by atoms with Crippen LogP contribution in [0.3, 0.4) is 0 Å². The number of ketones is 1. The molecule has 0 fully saturated rings. The van der Waals surface area contributed by atoms with Gasteiger partial charge in [0.1, 0.15) is 5.82 Å². The van der Waals surface area contributed by atoms with Crippen molar-refractivity contribution in [1.29, 1.82) is 0 Å². The van der Waals surface area contributed by atoms with Crippen LogP contribution in [0.2, 0.25) is 0 Å². The van der Waals surface area contributed by atoms with Crippen LogP contribution < -0.4 is 0 Å². The average molecular weight is 165 g/mol. The van der Waals surface area contributed by atoms with Crippen LogP contribution in [0.25, 0.3) is 0 Å². The fourth-order valence-corrected chi connectivity index (χ4v) is 0.947. The van der Waals surface area contributed by atoms with Crippen LogP contribution in [0.1, 0.15) is 24.2 Å². The zero-order valence-corrected chi connectivity index (χ0v) is 7.17. The molecule has 0 bridgehead atoms. The third kappa shape index (κ3) is 1.91. The molecule has 2 heteroatoms. The lowest BCUT2D eigenvalue weighted by molar-refractivity contribution is 0.0939. The van der Waals surface area contributed by atoms with Gasteiger partial charge in [-0.1, -0.05) is 13.8 Å². The summed E-state index contributed by atoms with van der Waals surface area (Å²) in [5.41, 5.74) is 0.575. The van der Waals surface area contributed by atoms with Gasteiger partial charge in [0.2, 0.25) is 0 Å². The minimum Gasteiger partial charge on any atom is -0.294 e. The highest BCUT2D eigenvalue weighted by atomic mass is 18.2. The fourth-order valence-electron chi connectivity index (χ4n) is 0.947. The maximum atomic E-state index is 12.4. The summed E-state index contributed by atoms with van der Waals surface area (Å²) >= 11 is 0. The average Bonchev–Trinajstić information content (AvgIpc) is 2.04. The van der Waals surface area contributed by atoms with Crippen molar-refractivity contribution in [3.63, 3.8) is 0 Å². The second-order valence-corrected chi connectivity index (χ2v) is 3.03. The molecule has 0 atom stereocenters. The van der Waals surface area contributed by atoms with Gasteiger partial charge in [-0.2, -0.15) is 0 Å². The lowest BCUT2D eigenvalue weighted by atomic mass is 10.0. The Morgan fingerprint density at radius 3 is 2.17 bits per heavy atom. The molecule has 1 nitrogen and oxygen atoms in total. The smallest absolute Gasteiger partial charge is 0.165 e. The Morgan fingerprint density at radius 2 is 1.75 bits per heavy atom. The second kappa shape index (κ2) is 3.48. The highest BCUT2D eigenvalue weighted by molar-refractivity contribution is 5.97. The van der Waals surface area contributed by atoms with E-state index >= 15 is 0 Å². The number of Topliss-reactive ketones (excluding diaryl/α,β-unsaturated/α-hetero) is 1. The van der Waals surface area contributed by atoms with Gasteiger partial charge >= 0.3 is 0 Å². The predicted octanol–water partition coefficient (Wildman–Crippen LogP) is 2.66. The predicted molar refractivity (Wildman–Crippen MR) is 45.6 cm³/mol. The third-order valence-corrected chi connectivity index (χ3v) is 1.65. The first-order valence-corrected chi connectivity index (χ1v) is 3.91. The SMILES string of the molecule is CC(C)C(=O)c1ccc([18F])cc1. The van der Waals surface area contributed by atoms with Crippen LogP contribution >= 0.6 is 0 Å². The number of rotatable bonds is 2. The summed E-state index contributed by atoms with van der Waals surface area (Å²) in [7, 11) is 0. The maximum Gasteiger partial charge on any atom is 0.165 e. The van der Waals surface area contributed by atoms with Crippen molar-refractivity contribution in [2.75, 3.05) is 0 Å². The molecule has 0 radical (unpaired) electrons. The second-order valence-electron chi connectivity index (χ2n) is 3.03. The normalized spacial score (nSPS) is 10.3. The van der Waals surface area contributed by atoms with Crippen molar-refractivity contribution >= 4 is 5.78 Å². The lowest BCUT2D eigenvalue weighted by Gasteiger charge is -2.02. The van der Waals surface area contributed by atoms with Crippen LogP contribution in [-0.2, 0) is 0 Å². The molecule has 0 amide bonds. The monoisotopic (exact) mass is 165 g/mol. The molecule has 12 heavy (non-hydrogen) atoms. The van der Waals surface area contributed by atoms with Gasteiger partial charge in [-0.15, -0.1) is 0 Å². The van der Waals surface area contributed by atoms with Gasteiger partial charge in [-0.05, 0) is 24.3 Å². The number of hydrogen-bond acceptors (Lipinski definition) is 1. The number of hydrogen-bond donors (Lipinski definition) is 0. The van der Waals surface area contributed by atoms with Gasteiger partial charge in [0.05, 0.1) is 0 Å². The first-order chi connectivity index (χ1) is 5.61. The number of carbonyl (C=O) groups is 1. The highest BCUT2D eigenvalue weighted by Gasteiger charge is 2.09. The zero-order chi connectivity index (χ0) is 9.14. The van der Waals surface area contributed by atoms with E-state index < -0.39 is 0 Å². The molecule has 0 unspecified atom stereocenters. The van der Waals surface area contributed by atoms with E-state index in [1.807, 2.05) is 13.8 Å². The van der Waals surface area contributed by atoms with E-state index in [9.17, 15) is 9.18 Å². The molecule has 0 aliphatic rings. The molecule has 0 saturated carbocycles. The lowest BCUT2D eigenvalue weighted by Crippen LogP contribution is -2.06. The van der Waals surface area contributed by atoms with Crippen LogP contribution in [0, 0.1) is 11.7 Å². The van der Waals surface area contributed by atoms with Crippen LogP contribution in [-0.4, -0.2) is 5.78 Å². The van der Waals surface area contributed by atoms with Crippen LogP contribution in [0.5, 0.6) is 0 Å². The van der Waals surface area contributed by atoms with E-state index in [2.05, 4.69) is 0 Å². The summed E-state index contributed by atoms with van der Waals surface area (Å²) in [5.74, 6) is -0.291. The molecular formula is C10H11FO. The van der Waals surface area contributed by atoms with E-state index in [0.717, 1.165) is 0 Å². The molecule has 0 aromatic heterocycles. The third-order valence-electron chi connectivity index (χ3n) is 1.65. The number of benzene rings is 1. The molecule has 0 aliphatic heterocycles. The summed E-state index contributed by atoms with van der Waals surface area (Å²) in [6.07, 6.45) is 0. The molecular weight excluding hydrogens is 154 g/mol. The Balaban J connectivity index is 2.90. The Hall–Kier alpha value is -1.18. The van der Waals surface area contributed by atoms with E-state index in [0.29, 0.717) is 5.56 Å². The molecule has 64 valence electrons. The summed E-state index contributed by atoms with van der Waals surface area (Å²) in [4.78, 5) is 11.3. The summed E-state index contributed by atoms with van der Waals surface area (Å²) < 4.78 is 12.4. The summed E-state index contributed by atoms with van der Waals surface area (Å²) in [6.45, 7) is 3.65. The standard InChI is InChI=1S/C10H11FO/c1-7(2)10(12)8-3-5-9(11)6-4-8/h3-7H,1-2H3/i11-1. The summed E-state index contributed by atoms with van der Waals surface area (Å²) in [6, 6.07) is 5.63. The van der Waals surface area contributed by atoms with Crippen molar-refractivity contribution in [2.45, 2.75) is 13.8 Å². The molecule has 1 rings (SSSR count). The van der Waals surface area contributed by atoms with Crippen LogP contribution in [0.4, 0.5) is 4.39 Å². The molecule has 1 aromatic rings. The van der Waals surface area contributed by atoms with Gasteiger partial charge in [0.15, 0.2) is 5.78 Å². The van der Waals surface area contributed by atoms with Gasteiger partial charge in [-0.25, -0.2) is 4.39 Å². The molecule has 0 saturated heterocycles. The largest absolute Gasteiger partial charge is 0.294 e. The van der Waals surface area contributed by atoms with Gasteiger partial charge in [0.25, 0.3) is 0 Å². The number of carbonyl (C=O) groups excluding carboxylic acids is 1. The first-order valence-electron chi connectivity index (χ1n) is 3.91. The molecule has 0 N–H and O–H groups in total. The van der Waals surface area contributed by atoms with Crippen molar-refractivity contribution in [1.82, 2.24) is 0 Å². The minimum atomic E-state index is -0.310. The number of halogens is 1. The molecule has 1 aromatic carbocycles. The molecule has 0 heterocycles. The Labute approximate surface area is 71.2 Å². The Morgan fingerprint density at radius 1 is 1.25 bits per heavy atom. The van der Waals surface area contributed by atoms with E-state index in [1.165, 1.54) is 24.3 Å². The minimum absolute atomic E-state index is 0.0320. The van der Waals surface area contributed by atoms with Gasteiger partial charge in [-0.3, -0.25) is 4.79 Å². The summed E-state index contributed by atoms with van der Waals surface area (Å²) in [5, 5.41) is 0. The maximum absolute atomic E-state index is 12.4. The van der Waals surface area contributed by atoms with Crippen molar-refractivity contribution in [3.8, 4) is 0 Å². The zero-order valence-electron chi connectivity index (χ0n) is 7.17. The van der Waals surface area contributed by atoms with Crippen molar-refractivity contribution < 1.29 is 9.18 Å². The molecule has 0 spiro atoms. The van der Waals surface area contributed by atoms with Crippen LogP contribution in [0.15, 0.2) is 24.3 Å². The Kier molecular flexibility index (Phi) is 2.58. The molecule has 0 aliphatic carbocycles. The van der Waals surface area contributed by atoms with E-state index in [4.69, 9.17) is 0 Å². The van der Waals surface area contributed by atoms with E-state index in [-0.39, 0.29) is 17.5 Å². The highest BCUT2D eigenvalue weighted by Crippen LogP contribution is 2.08. The quantitative estimate of drug-likeness (QED) is 0.616. The fraction of sp³-hybridized carbons (Fsp3) is 0.300. The van der Waals surface area contributed by atoms with Gasteiger partial charge < -0.3 is 0 Å². The first kappa shape index (κ1) is 8.91. The van der Waals surface area contributed by atoms with Crippen molar-refractivity contribution in [3.05, 3.63) is 35.6 Å².